The van der Waals surface area contributed by atoms with Crippen molar-refractivity contribution in [3.63, 3.8) is 0 Å². The van der Waals surface area contributed by atoms with E-state index >= 15 is 0 Å². The van der Waals surface area contributed by atoms with Crippen molar-refractivity contribution in [1.29, 1.82) is 0 Å². The first kappa shape index (κ1) is 18.1. The summed E-state index contributed by atoms with van der Waals surface area (Å²) in [6.07, 6.45) is 4.42. The average molecular weight is 363 g/mol. The maximum absolute atomic E-state index is 11.9. The van der Waals surface area contributed by atoms with Crippen LogP contribution in [-0.4, -0.2) is 54.1 Å². The van der Waals surface area contributed by atoms with Crippen LogP contribution in [0.3, 0.4) is 0 Å². The first-order valence-corrected chi connectivity index (χ1v) is 10.4. The molecule has 0 spiro atoms. The summed E-state index contributed by atoms with van der Waals surface area (Å²) in [5, 5.41) is 0. The van der Waals surface area contributed by atoms with Crippen LogP contribution in [0.15, 0.2) is 42.7 Å². The van der Waals surface area contributed by atoms with E-state index in [1.165, 1.54) is 5.56 Å². The fourth-order valence-corrected chi connectivity index (χ4v) is 5.02. The molecule has 0 bridgehead atoms. The van der Waals surface area contributed by atoms with Crippen molar-refractivity contribution in [2.24, 2.45) is 0 Å². The summed E-state index contributed by atoms with van der Waals surface area (Å²) in [6, 6.07) is 10.2. The van der Waals surface area contributed by atoms with Gasteiger partial charge in [-0.2, -0.15) is 0 Å². The molecule has 1 aromatic heterocycles. The van der Waals surface area contributed by atoms with Crippen LogP contribution in [-0.2, 0) is 34.2 Å². The van der Waals surface area contributed by atoms with Gasteiger partial charge >= 0.3 is 0 Å². The number of aromatic nitrogens is 2. The van der Waals surface area contributed by atoms with Gasteiger partial charge in [0.15, 0.2) is 9.84 Å². The minimum Gasteiger partial charge on any atom is -0.383 e. The van der Waals surface area contributed by atoms with Crippen LogP contribution in [0, 0.1) is 0 Å². The van der Waals surface area contributed by atoms with Crippen LogP contribution >= 0.6 is 0 Å². The number of hydrogen-bond donors (Lipinski definition) is 0. The quantitative estimate of drug-likeness (QED) is 0.715. The minimum absolute atomic E-state index is 0.0396. The number of hydrogen-bond acceptors (Lipinski definition) is 5. The van der Waals surface area contributed by atoms with Crippen molar-refractivity contribution in [3.05, 3.63) is 54.1 Å². The maximum Gasteiger partial charge on any atom is 0.151 e. The number of nitrogens with zero attached hydrogens (tertiary/aromatic N) is 3. The maximum atomic E-state index is 11.9. The van der Waals surface area contributed by atoms with Gasteiger partial charge in [0.05, 0.1) is 24.7 Å². The second-order valence-corrected chi connectivity index (χ2v) is 8.71. The summed E-state index contributed by atoms with van der Waals surface area (Å²) in [7, 11) is -1.24. The number of rotatable bonds is 8. The van der Waals surface area contributed by atoms with Crippen molar-refractivity contribution in [2.75, 3.05) is 25.2 Å². The molecule has 1 saturated heterocycles. The van der Waals surface area contributed by atoms with Gasteiger partial charge in [-0.1, -0.05) is 30.3 Å². The molecule has 25 heavy (non-hydrogen) atoms. The van der Waals surface area contributed by atoms with Gasteiger partial charge in [0.1, 0.15) is 5.82 Å². The third kappa shape index (κ3) is 4.90. The summed E-state index contributed by atoms with van der Waals surface area (Å²) in [4.78, 5) is 6.72. The molecule has 1 aliphatic heterocycles. The van der Waals surface area contributed by atoms with Gasteiger partial charge in [-0.15, -0.1) is 0 Å². The van der Waals surface area contributed by atoms with Gasteiger partial charge in [-0.3, -0.25) is 4.90 Å². The van der Waals surface area contributed by atoms with Gasteiger partial charge in [0.25, 0.3) is 0 Å². The predicted octanol–water partition coefficient (Wildman–Crippen LogP) is 1.72. The largest absolute Gasteiger partial charge is 0.383 e. The Morgan fingerprint density at radius 1 is 1.28 bits per heavy atom. The zero-order valence-electron chi connectivity index (χ0n) is 14.5. The molecule has 136 valence electrons. The summed E-state index contributed by atoms with van der Waals surface area (Å²) in [5.41, 5.74) is 1.18. The van der Waals surface area contributed by atoms with Crippen molar-refractivity contribution in [1.82, 2.24) is 14.5 Å². The van der Waals surface area contributed by atoms with Crippen LogP contribution in [0.1, 0.15) is 17.8 Å². The molecule has 0 radical (unpaired) electrons. The predicted molar refractivity (Wildman–Crippen MR) is 96.9 cm³/mol. The number of ether oxygens (including phenoxy) is 1. The zero-order chi connectivity index (χ0) is 17.7. The second kappa shape index (κ2) is 8.12. The molecule has 0 N–H and O–H groups in total. The molecule has 7 heteroatoms. The lowest BCUT2D eigenvalue weighted by Gasteiger charge is -2.28. The van der Waals surface area contributed by atoms with E-state index in [0.717, 1.165) is 18.9 Å². The summed E-state index contributed by atoms with van der Waals surface area (Å²) < 4.78 is 31.1. The summed E-state index contributed by atoms with van der Waals surface area (Å²) >= 11 is 0. The highest BCUT2D eigenvalue weighted by atomic mass is 32.2. The fraction of sp³-hybridized carbons (Fsp3) is 0.500. The third-order valence-electron chi connectivity index (χ3n) is 4.64. The molecule has 6 nitrogen and oxygen atoms in total. The SMILES string of the molecule is COCCn1ccnc1CN(Cc1ccccc1)[C@H]1CCS(=O)(=O)C1. The normalized spacial score (nSPS) is 19.5. The van der Waals surface area contributed by atoms with E-state index < -0.39 is 9.84 Å². The molecule has 2 aromatic rings. The van der Waals surface area contributed by atoms with E-state index in [9.17, 15) is 8.42 Å². The Hall–Kier alpha value is -1.70. The number of benzene rings is 1. The van der Waals surface area contributed by atoms with Crippen molar-refractivity contribution in [3.8, 4) is 0 Å². The number of methoxy groups -OCH3 is 1. The Balaban J connectivity index is 1.78. The average Bonchev–Trinajstić information content (AvgIpc) is 3.19. The van der Waals surface area contributed by atoms with Crippen LogP contribution in [0.2, 0.25) is 0 Å². The first-order valence-electron chi connectivity index (χ1n) is 8.55. The third-order valence-corrected chi connectivity index (χ3v) is 6.39. The van der Waals surface area contributed by atoms with Crippen LogP contribution in [0.4, 0.5) is 0 Å². The first-order chi connectivity index (χ1) is 12.1. The molecule has 3 rings (SSSR count). The van der Waals surface area contributed by atoms with Crippen molar-refractivity contribution < 1.29 is 13.2 Å². The highest BCUT2D eigenvalue weighted by molar-refractivity contribution is 7.91. The molecule has 1 fully saturated rings. The summed E-state index contributed by atoms with van der Waals surface area (Å²) in [5.74, 6) is 1.46. The molecule has 1 atom stereocenters. The van der Waals surface area contributed by atoms with Gasteiger partial charge in [0, 0.05) is 38.6 Å². The van der Waals surface area contributed by atoms with Crippen molar-refractivity contribution >= 4 is 9.84 Å². The monoisotopic (exact) mass is 363 g/mol. The Kier molecular flexibility index (Phi) is 5.88. The van der Waals surface area contributed by atoms with E-state index in [0.29, 0.717) is 19.6 Å². The van der Waals surface area contributed by atoms with E-state index in [4.69, 9.17) is 4.74 Å². The summed E-state index contributed by atoms with van der Waals surface area (Å²) in [6.45, 7) is 2.72. The van der Waals surface area contributed by atoms with Crippen LogP contribution in [0.5, 0.6) is 0 Å². The molecular weight excluding hydrogens is 338 g/mol. The Labute approximate surface area is 149 Å². The fourth-order valence-electron chi connectivity index (χ4n) is 3.26. The van der Waals surface area contributed by atoms with Crippen LogP contribution in [0.25, 0.3) is 0 Å². The Morgan fingerprint density at radius 3 is 2.76 bits per heavy atom. The molecular formula is C18H25N3O3S. The lowest BCUT2D eigenvalue weighted by molar-refractivity contribution is 0.173. The molecule has 0 unspecified atom stereocenters. The van der Waals surface area contributed by atoms with E-state index in [1.807, 2.05) is 24.4 Å². The minimum atomic E-state index is -2.92. The number of sulfone groups is 1. The van der Waals surface area contributed by atoms with Gasteiger partial charge < -0.3 is 9.30 Å². The topological polar surface area (TPSA) is 64.4 Å². The lowest BCUT2D eigenvalue weighted by Crippen LogP contribution is -2.36. The highest BCUT2D eigenvalue weighted by Gasteiger charge is 2.32. The molecule has 0 amide bonds. The van der Waals surface area contributed by atoms with E-state index in [1.54, 1.807) is 13.3 Å². The Morgan fingerprint density at radius 2 is 2.08 bits per heavy atom. The molecule has 1 aliphatic rings. The molecule has 0 aliphatic carbocycles. The highest BCUT2D eigenvalue weighted by Crippen LogP contribution is 2.22. The number of imidazole rings is 1. The molecule has 2 heterocycles. The van der Waals surface area contributed by atoms with Gasteiger partial charge in [-0.25, -0.2) is 13.4 Å². The smallest absolute Gasteiger partial charge is 0.151 e. The lowest BCUT2D eigenvalue weighted by atomic mass is 10.1. The van der Waals surface area contributed by atoms with E-state index in [2.05, 4.69) is 26.6 Å². The standard InChI is InChI=1S/C18H25N3O3S/c1-24-11-10-20-9-8-19-18(20)14-21(13-16-5-3-2-4-6-16)17-7-12-25(22,23)15-17/h2-6,8-9,17H,7,10-15H2,1H3/t17-/m0/s1. The van der Waals surface area contributed by atoms with Gasteiger partial charge in [-0.05, 0) is 12.0 Å². The second-order valence-electron chi connectivity index (χ2n) is 6.48. The Bertz CT molecular complexity index is 774. The zero-order valence-corrected chi connectivity index (χ0v) is 15.4. The van der Waals surface area contributed by atoms with Crippen LogP contribution < -0.4 is 0 Å². The molecule has 1 aromatic carbocycles. The van der Waals surface area contributed by atoms with Crippen molar-refractivity contribution in [2.45, 2.75) is 32.1 Å². The molecule has 0 saturated carbocycles. The van der Waals surface area contributed by atoms with E-state index in [-0.39, 0.29) is 17.5 Å². The van der Waals surface area contributed by atoms with Gasteiger partial charge in [0.2, 0.25) is 0 Å².